The van der Waals surface area contributed by atoms with Gasteiger partial charge in [0.1, 0.15) is 0 Å². The molecule has 0 amide bonds. The first-order chi connectivity index (χ1) is 10.3. The maximum absolute atomic E-state index is 12.3. The molecule has 0 aliphatic rings. The van der Waals surface area contributed by atoms with Crippen LogP contribution in [-0.4, -0.2) is 14.6 Å². The maximum atomic E-state index is 12.3. The summed E-state index contributed by atoms with van der Waals surface area (Å²) in [6, 6.07) is 10.1. The minimum absolute atomic E-state index is 0.201. The van der Waals surface area contributed by atoms with Crippen molar-refractivity contribution >= 4 is 39.4 Å². The summed E-state index contributed by atoms with van der Waals surface area (Å²) in [6.07, 6.45) is 1.33. The van der Waals surface area contributed by atoms with Gasteiger partial charge in [-0.25, -0.2) is 4.83 Å². The highest BCUT2D eigenvalue weighted by Gasteiger charge is 2.15. The third-order valence-corrected chi connectivity index (χ3v) is 4.90. The van der Waals surface area contributed by atoms with Crippen molar-refractivity contribution in [1.29, 1.82) is 0 Å². The molecule has 2 aromatic carbocycles. The second-order valence-corrected chi connectivity index (χ2v) is 7.26. The highest BCUT2D eigenvalue weighted by molar-refractivity contribution is 7.89. The van der Waals surface area contributed by atoms with Crippen molar-refractivity contribution in [3.05, 3.63) is 63.1 Å². The summed E-state index contributed by atoms with van der Waals surface area (Å²) in [6.45, 7) is 3.56. The molecule has 0 saturated carbocycles. The van der Waals surface area contributed by atoms with Crippen molar-refractivity contribution in [2.75, 3.05) is 0 Å². The molecule has 0 aliphatic carbocycles. The van der Waals surface area contributed by atoms with Gasteiger partial charge in [-0.2, -0.15) is 13.5 Å². The lowest BCUT2D eigenvalue weighted by Crippen LogP contribution is -2.19. The molecule has 22 heavy (non-hydrogen) atoms. The summed E-state index contributed by atoms with van der Waals surface area (Å²) in [5.74, 6) is 0. The normalized spacial score (nSPS) is 11.8. The zero-order valence-electron chi connectivity index (χ0n) is 12.0. The summed E-state index contributed by atoms with van der Waals surface area (Å²) in [5.41, 5.74) is 2.07. The Kier molecular flexibility index (Phi) is 5.11. The van der Waals surface area contributed by atoms with Gasteiger partial charge in [0.2, 0.25) is 0 Å². The highest BCUT2D eigenvalue weighted by atomic mass is 35.5. The molecule has 0 aromatic heterocycles. The topological polar surface area (TPSA) is 58.5 Å². The molecule has 0 aliphatic heterocycles. The largest absolute Gasteiger partial charge is 0.276 e. The Morgan fingerprint density at radius 1 is 1.09 bits per heavy atom. The number of aryl methyl sites for hydroxylation is 2. The van der Waals surface area contributed by atoms with E-state index in [-0.39, 0.29) is 4.90 Å². The molecule has 0 unspecified atom stereocenters. The number of hydrazone groups is 1. The van der Waals surface area contributed by atoms with Crippen molar-refractivity contribution in [3.63, 3.8) is 0 Å². The molecule has 0 bridgehead atoms. The molecule has 7 heteroatoms. The third-order valence-electron chi connectivity index (χ3n) is 2.97. The SMILES string of the molecule is Cc1ccc(C)c(S(=O)(=O)NN=Cc2ccc(Cl)cc2Cl)c1. The zero-order chi connectivity index (χ0) is 16.3. The van der Waals surface area contributed by atoms with Crippen molar-refractivity contribution in [1.82, 2.24) is 4.83 Å². The minimum Gasteiger partial charge on any atom is -0.200 e. The smallest absolute Gasteiger partial charge is 0.200 e. The molecule has 0 radical (unpaired) electrons. The van der Waals surface area contributed by atoms with Crippen LogP contribution in [0.4, 0.5) is 0 Å². The van der Waals surface area contributed by atoms with E-state index in [1.54, 1.807) is 37.3 Å². The molecule has 0 spiro atoms. The molecule has 2 aromatic rings. The second kappa shape index (κ2) is 6.69. The molecule has 116 valence electrons. The third kappa shape index (κ3) is 4.00. The van der Waals surface area contributed by atoms with Gasteiger partial charge >= 0.3 is 0 Å². The number of benzene rings is 2. The molecule has 1 N–H and O–H groups in total. The monoisotopic (exact) mass is 356 g/mol. The van der Waals surface area contributed by atoms with Gasteiger partial charge in [0.05, 0.1) is 16.1 Å². The Bertz CT molecular complexity index is 833. The van der Waals surface area contributed by atoms with Crippen LogP contribution in [-0.2, 0) is 10.0 Å². The summed E-state index contributed by atoms with van der Waals surface area (Å²) in [4.78, 5) is 2.38. The van der Waals surface area contributed by atoms with Crippen molar-refractivity contribution in [2.45, 2.75) is 18.7 Å². The van der Waals surface area contributed by atoms with Crippen LogP contribution < -0.4 is 4.83 Å². The van der Waals surface area contributed by atoms with E-state index in [0.29, 0.717) is 21.2 Å². The van der Waals surface area contributed by atoms with Crippen molar-refractivity contribution in [3.8, 4) is 0 Å². The van der Waals surface area contributed by atoms with Crippen LogP contribution >= 0.6 is 23.2 Å². The molecule has 0 fully saturated rings. The lowest BCUT2D eigenvalue weighted by atomic mass is 10.2. The van der Waals surface area contributed by atoms with Crippen LogP contribution in [0, 0.1) is 13.8 Å². The molecule has 2 rings (SSSR count). The maximum Gasteiger partial charge on any atom is 0.276 e. The van der Waals surface area contributed by atoms with E-state index in [4.69, 9.17) is 23.2 Å². The number of sulfonamides is 1. The Labute approximate surface area is 139 Å². The average Bonchev–Trinajstić information content (AvgIpc) is 2.44. The first kappa shape index (κ1) is 16.8. The summed E-state index contributed by atoms with van der Waals surface area (Å²) in [5, 5.41) is 4.65. The quantitative estimate of drug-likeness (QED) is 0.666. The summed E-state index contributed by atoms with van der Waals surface area (Å²) in [7, 11) is -3.72. The fourth-order valence-corrected chi connectivity index (χ4v) is 3.40. The van der Waals surface area contributed by atoms with Gasteiger partial charge in [-0.1, -0.05) is 41.4 Å². The number of nitrogens with zero attached hydrogens (tertiary/aromatic N) is 1. The van der Waals surface area contributed by atoms with Crippen LogP contribution in [0.15, 0.2) is 46.4 Å². The first-order valence-electron chi connectivity index (χ1n) is 6.37. The van der Waals surface area contributed by atoms with Crippen LogP contribution in [0.5, 0.6) is 0 Å². The van der Waals surface area contributed by atoms with Gasteiger partial charge in [0, 0.05) is 10.6 Å². The van der Waals surface area contributed by atoms with Gasteiger partial charge in [0.15, 0.2) is 0 Å². The van der Waals surface area contributed by atoms with E-state index in [2.05, 4.69) is 9.93 Å². The fourth-order valence-electron chi connectivity index (χ4n) is 1.82. The van der Waals surface area contributed by atoms with Gasteiger partial charge in [0.25, 0.3) is 10.0 Å². The number of hydrogen-bond acceptors (Lipinski definition) is 3. The molecule has 0 atom stereocenters. The number of halogens is 2. The van der Waals surface area contributed by atoms with Crippen molar-refractivity contribution in [2.24, 2.45) is 5.10 Å². The number of nitrogens with one attached hydrogen (secondary N) is 1. The lowest BCUT2D eigenvalue weighted by molar-refractivity contribution is 0.584. The van der Waals surface area contributed by atoms with E-state index in [1.165, 1.54) is 6.21 Å². The van der Waals surface area contributed by atoms with Crippen LogP contribution in [0.25, 0.3) is 0 Å². The highest BCUT2D eigenvalue weighted by Crippen LogP contribution is 2.20. The predicted octanol–water partition coefficient (Wildman–Crippen LogP) is 3.92. The Morgan fingerprint density at radius 3 is 2.50 bits per heavy atom. The van der Waals surface area contributed by atoms with Crippen LogP contribution in [0.2, 0.25) is 10.0 Å². The van der Waals surface area contributed by atoms with E-state index < -0.39 is 10.0 Å². The standard InChI is InChI=1S/C15H14Cl2N2O2S/c1-10-3-4-11(2)15(7-10)22(20,21)19-18-9-12-5-6-13(16)8-14(12)17/h3-9,19H,1-2H3. The second-order valence-electron chi connectivity index (χ2n) is 4.79. The van der Waals surface area contributed by atoms with E-state index in [9.17, 15) is 8.42 Å². The van der Waals surface area contributed by atoms with Gasteiger partial charge in [-0.15, -0.1) is 0 Å². The summed E-state index contributed by atoms with van der Waals surface area (Å²) >= 11 is 11.8. The lowest BCUT2D eigenvalue weighted by Gasteiger charge is -2.07. The van der Waals surface area contributed by atoms with Gasteiger partial charge < -0.3 is 0 Å². The van der Waals surface area contributed by atoms with E-state index >= 15 is 0 Å². The molecular formula is C15H14Cl2N2O2S. The predicted molar refractivity (Wildman–Crippen MR) is 90.3 cm³/mol. The molecule has 4 nitrogen and oxygen atoms in total. The molecular weight excluding hydrogens is 343 g/mol. The van der Waals surface area contributed by atoms with Crippen molar-refractivity contribution < 1.29 is 8.42 Å². The van der Waals surface area contributed by atoms with Crippen LogP contribution in [0.1, 0.15) is 16.7 Å². The Hall–Kier alpha value is -1.56. The molecule has 0 heterocycles. The fraction of sp³-hybridized carbons (Fsp3) is 0.133. The Balaban J connectivity index is 2.22. The number of hydrogen-bond donors (Lipinski definition) is 1. The molecule has 0 saturated heterocycles. The van der Waals surface area contributed by atoms with E-state index in [0.717, 1.165) is 5.56 Å². The first-order valence-corrected chi connectivity index (χ1v) is 8.61. The summed E-state index contributed by atoms with van der Waals surface area (Å²) < 4.78 is 24.5. The Morgan fingerprint density at radius 2 is 1.82 bits per heavy atom. The minimum atomic E-state index is -3.72. The van der Waals surface area contributed by atoms with Gasteiger partial charge in [-0.05, 0) is 43.2 Å². The van der Waals surface area contributed by atoms with Crippen LogP contribution in [0.3, 0.4) is 0 Å². The van der Waals surface area contributed by atoms with Gasteiger partial charge in [-0.3, -0.25) is 0 Å². The number of rotatable bonds is 4. The van der Waals surface area contributed by atoms with E-state index in [1.807, 2.05) is 13.0 Å². The average molecular weight is 357 g/mol. The zero-order valence-corrected chi connectivity index (χ0v) is 14.3.